The first-order valence-electron chi connectivity index (χ1n) is 22.7. The lowest BCUT2D eigenvalue weighted by molar-refractivity contribution is -0.140. The first-order chi connectivity index (χ1) is 31.5. The number of fused-ring (bicyclic) bond motifs is 6. The van der Waals surface area contributed by atoms with Gasteiger partial charge in [-0.15, -0.1) is 0 Å². The van der Waals surface area contributed by atoms with E-state index in [0.29, 0.717) is 50.7 Å². The van der Waals surface area contributed by atoms with Crippen molar-refractivity contribution in [1.29, 1.82) is 0 Å². The Labute approximate surface area is 377 Å². The number of nitrogens with zero attached hydrogens (tertiary/aromatic N) is 4. The molecule has 4 N–H and O–H groups in total. The lowest BCUT2D eigenvalue weighted by Crippen LogP contribution is -2.55. The second-order valence-electron chi connectivity index (χ2n) is 17.7. The Morgan fingerprint density at radius 1 is 0.846 bits per heavy atom. The van der Waals surface area contributed by atoms with Crippen molar-refractivity contribution in [2.24, 2.45) is 5.92 Å². The van der Waals surface area contributed by atoms with Gasteiger partial charge in [0.05, 0.1) is 55.3 Å². The molecule has 4 aliphatic rings. The van der Waals surface area contributed by atoms with Crippen LogP contribution >= 0.6 is 0 Å². The number of benzene rings is 3. The molecular weight excluding hydrogens is 833 g/mol. The Morgan fingerprint density at radius 3 is 2.35 bits per heavy atom. The SMILES string of the molecule is CC[C@H]1CC[C@@H](c2ncc(-c3ccc4c(c3)COc3cc5c(ccc6[nH]c([C@@H]7CC[C@H](C)N7C(=O)[C@@H](NC(=O)OC)C(C)OC)nc65)cc3-4)[nH]2)N1C(=O)[C@@H](NC(=O)OC)C1CCOCC1. The first kappa shape index (κ1) is 44.0. The van der Waals surface area contributed by atoms with Crippen LogP contribution < -0.4 is 15.4 Å². The molecule has 6 heterocycles. The predicted molar refractivity (Wildman–Crippen MR) is 241 cm³/mol. The van der Waals surface area contributed by atoms with Crippen LogP contribution in [-0.2, 0) is 35.1 Å². The summed E-state index contributed by atoms with van der Waals surface area (Å²) in [5.41, 5.74) is 6.51. The van der Waals surface area contributed by atoms with E-state index in [4.69, 9.17) is 33.7 Å². The van der Waals surface area contributed by atoms with Crippen molar-refractivity contribution in [3.05, 3.63) is 65.9 Å². The molecule has 7 atom stereocenters. The van der Waals surface area contributed by atoms with Gasteiger partial charge in [-0.05, 0) is 111 Å². The Hall–Kier alpha value is -6.20. The third-order valence-corrected chi connectivity index (χ3v) is 14.1. The lowest BCUT2D eigenvalue weighted by Gasteiger charge is -2.36. The number of carbonyl (C=O) groups excluding carboxylic acids is 4. The molecule has 2 aromatic heterocycles. The van der Waals surface area contributed by atoms with Crippen LogP contribution in [0.1, 0.15) is 95.0 Å². The normalized spacial score (nSPS) is 22.2. The van der Waals surface area contributed by atoms with Crippen molar-refractivity contribution >= 4 is 45.8 Å². The van der Waals surface area contributed by atoms with Crippen LogP contribution in [-0.4, -0.2) is 119 Å². The number of carbonyl (C=O) groups is 4. The van der Waals surface area contributed by atoms with Crippen LogP contribution in [0, 0.1) is 5.92 Å². The standard InChI is InChI=1S/C48H58N8O9/c1-7-31-11-15-37(56(31)46(58)41(54-48(60)63-6)27-16-18-64-19-17-27)43-49-23-36(51-43)29-9-12-32-30(20-29)24-65-39-22-33-28(21-34(32)39)10-13-35-42(33)52-44(50-35)38-14-8-25(2)55(38)45(57)40(26(3)61-4)53-47(59)62-5/h9-10,12-13,20-23,25-27,31,37-38,40-41H,7-8,11,14-19,24H2,1-6H3,(H,49,51)(H,50,52)(H,53,59)(H,54,60)/t25-,26?,31-,37-,38-,40-,41-/m0/s1. The second kappa shape index (κ2) is 18.4. The number of aromatic nitrogens is 4. The van der Waals surface area contributed by atoms with E-state index in [1.807, 2.05) is 24.1 Å². The smallest absolute Gasteiger partial charge is 0.407 e. The molecule has 0 aliphatic carbocycles. The number of likely N-dealkylation sites (tertiary alicyclic amines) is 2. The molecule has 0 saturated carbocycles. The van der Waals surface area contributed by atoms with Crippen LogP contribution in [0.25, 0.3) is 44.2 Å². The van der Waals surface area contributed by atoms with Gasteiger partial charge in [0.15, 0.2) is 0 Å². The minimum Gasteiger partial charge on any atom is -0.488 e. The molecule has 5 aromatic rings. The largest absolute Gasteiger partial charge is 0.488 e. The summed E-state index contributed by atoms with van der Waals surface area (Å²) in [6.07, 6.45) is 5.15. The van der Waals surface area contributed by atoms with Gasteiger partial charge in [-0.25, -0.2) is 19.6 Å². The minimum absolute atomic E-state index is 0.0183. The summed E-state index contributed by atoms with van der Waals surface area (Å²) >= 11 is 0. The molecular formula is C48H58N8O9. The summed E-state index contributed by atoms with van der Waals surface area (Å²) in [7, 11) is 4.08. The van der Waals surface area contributed by atoms with Gasteiger partial charge >= 0.3 is 12.2 Å². The number of hydrogen-bond acceptors (Lipinski definition) is 11. The fourth-order valence-electron chi connectivity index (χ4n) is 10.4. The summed E-state index contributed by atoms with van der Waals surface area (Å²) in [6, 6.07) is 12.3. The highest BCUT2D eigenvalue weighted by Gasteiger charge is 2.45. The van der Waals surface area contributed by atoms with Gasteiger partial charge in [0.25, 0.3) is 0 Å². The molecule has 3 saturated heterocycles. The van der Waals surface area contributed by atoms with Crippen molar-refractivity contribution in [1.82, 2.24) is 40.4 Å². The Kier molecular flexibility index (Phi) is 12.4. The van der Waals surface area contributed by atoms with Crippen molar-refractivity contribution < 1.29 is 42.9 Å². The summed E-state index contributed by atoms with van der Waals surface area (Å²) in [5, 5.41) is 7.46. The first-order valence-corrected chi connectivity index (χ1v) is 22.7. The van der Waals surface area contributed by atoms with Crippen LogP contribution in [0.2, 0.25) is 0 Å². The average Bonchev–Trinajstić information content (AvgIpc) is 4.17. The van der Waals surface area contributed by atoms with Crippen LogP contribution in [0.4, 0.5) is 9.59 Å². The number of amides is 4. The average molecular weight is 891 g/mol. The summed E-state index contributed by atoms with van der Waals surface area (Å²) in [4.78, 5) is 74.0. The fourth-order valence-corrected chi connectivity index (χ4v) is 10.4. The maximum Gasteiger partial charge on any atom is 0.407 e. The molecule has 17 heteroatoms. The fraction of sp³-hybridized carbons (Fsp3) is 0.500. The third kappa shape index (κ3) is 8.24. The molecule has 9 rings (SSSR count). The topological polar surface area (TPSA) is 202 Å². The molecule has 4 aliphatic heterocycles. The number of hydrogen-bond donors (Lipinski definition) is 4. The van der Waals surface area contributed by atoms with Crippen molar-refractivity contribution in [2.45, 2.75) is 115 Å². The molecule has 0 spiro atoms. The molecule has 65 heavy (non-hydrogen) atoms. The Bertz CT molecular complexity index is 2600. The number of ether oxygens (including phenoxy) is 5. The zero-order valence-corrected chi connectivity index (χ0v) is 37.8. The number of methoxy groups -OCH3 is 3. The van der Waals surface area contributed by atoms with E-state index in [1.54, 1.807) is 11.8 Å². The summed E-state index contributed by atoms with van der Waals surface area (Å²) in [5.74, 6) is 1.73. The minimum atomic E-state index is -0.936. The second-order valence-corrected chi connectivity index (χ2v) is 17.7. The van der Waals surface area contributed by atoms with Gasteiger partial charge in [-0.1, -0.05) is 25.1 Å². The number of imidazole rings is 2. The third-order valence-electron chi connectivity index (χ3n) is 14.1. The molecule has 3 aromatic carbocycles. The van der Waals surface area contributed by atoms with Gasteiger partial charge in [0.1, 0.15) is 36.1 Å². The van der Waals surface area contributed by atoms with E-state index in [-0.39, 0.29) is 41.9 Å². The van der Waals surface area contributed by atoms with Gasteiger partial charge < -0.3 is 54.1 Å². The van der Waals surface area contributed by atoms with Crippen molar-refractivity contribution in [2.75, 3.05) is 34.5 Å². The molecule has 17 nitrogen and oxygen atoms in total. The summed E-state index contributed by atoms with van der Waals surface area (Å²) in [6.45, 7) is 7.30. The lowest BCUT2D eigenvalue weighted by atomic mass is 9.90. The molecule has 4 amide bonds. The van der Waals surface area contributed by atoms with E-state index in [1.165, 1.54) is 21.3 Å². The zero-order chi connectivity index (χ0) is 45.5. The van der Waals surface area contributed by atoms with Gasteiger partial charge in [-0.3, -0.25) is 9.59 Å². The van der Waals surface area contributed by atoms with Crippen molar-refractivity contribution in [3.8, 4) is 28.1 Å². The highest BCUT2D eigenvalue weighted by Crippen LogP contribution is 2.44. The van der Waals surface area contributed by atoms with E-state index in [2.05, 4.69) is 63.9 Å². The highest BCUT2D eigenvalue weighted by molar-refractivity contribution is 6.07. The monoisotopic (exact) mass is 890 g/mol. The zero-order valence-electron chi connectivity index (χ0n) is 37.8. The van der Waals surface area contributed by atoms with Crippen LogP contribution in [0.15, 0.2) is 48.7 Å². The van der Waals surface area contributed by atoms with E-state index in [0.717, 1.165) is 81.2 Å². The van der Waals surface area contributed by atoms with E-state index in [9.17, 15) is 19.2 Å². The number of aromatic amines is 2. The van der Waals surface area contributed by atoms with E-state index < -0.39 is 30.4 Å². The number of alkyl carbamates (subject to hydrolysis) is 2. The Balaban J connectivity index is 0.965. The predicted octanol–water partition coefficient (Wildman–Crippen LogP) is 7.07. The molecule has 0 bridgehead atoms. The van der Waals surface area contributed by atoms with E-state index >= 15 is 0 Å². The van der Waals surface area contributed by atoms with Gasteiger partial charge in [0, 0.05) is 43.4 Å². The molecule has 1 unspecified atom stereocenters. The van der Waals surface area contributed by atoms with Crippen LogP contribution in [0.5, 0.6) is 5.75 Å². The molecule has 344 valence electrons. The van der Waals surface area contributed by atoms with Gasteiger partial charge in [0.2, 0.25) is 11.8 Å². The van der Waals surface area contributed by atoms with Gasteiger partial charge in [-0.2, -0.15) is 0 Å². The quantitative estimate of drug-likeness (QED) is 0.106. The maximum atomic E-state index is 14.4. The number of rotatable bonds is 11. The number of nitrogens with one attached hydrogen (secondary N) is 4. The highest BCUT2D eigenvalue weighted by atomic mass is 16.5. The molecule has 3 fully saturated rings. The van der Waals surface area contributed by atoms with Crippen LogP contribution in [0.3, 0.4) is 0 Å². The molecule has 0 radical (unpaired) electrons. The Morgan fingerprint density at radius 2 is 1.60 bits per heavy atom. The summed E-state index contributed by atoms with van der Waals surface area (Å²) < 4.78 is 27.3. The van der Waals surface area contributed by atoms with Crippen molar-refractivity contribution in [3.63, 3.8) is 0 Å². The maximum absolute atomic E-state index is 14.4. The number of H-pyrrole nitrogens is 2.